The number of pyridine rings is 1. The molecule has 1 heterocycles. The lowest BCUT2D eigenvalue weighted by Crippen LogP contribution is -2.18. The molecule has 1 aromatic carbocycles. The van der Waals surface area contributed by atoms with Crippen LogP contribution in [0, 0.1) is 11.8 Å². The fourth-order valence-corrected chi connectivity index (χ4v) is 2.49. The molecule has 0 N–H and O–H groups in total. The smallest absolute Gasteiger partial charge is 0.308 e. The van der Waals surface area contributed by atoms with Crippen molar-refractivity contribution in [2.75, 3.05) is 6.61 Å². The van der Waals surface area contributed by atoms with E-state index in [1.807, 2.05) is 57.2 Å². The van der Waals surface area contributed by atoms with E-state index in [1.165, 1.54) is 0 Å². The molecule has 2 rings (SSSR count). The summed E-state index contributed by atoms with van der Waals surface area (Å²) >= 11 is 0. The van der Waals surface area contributed by atoms with E-state index < -0.39 is 0 Å². The van der Waals surface area contributed by atoms with Gasteiger partial charge in [-0.2, -0.15) is 0 Å². The van der Waals surface area contributed by atoms with Crippen LogP contribution >= 0.6 is 0 Å². The van der Waals surface area contributed by atoms with Gasteiger partial charge in [-0.1, -0.05) is 51.1 Å². The van der Waals surface area contributed by atoms with Crippen LogP contribution in [0.15, 0.2) is 48.8 Å². The van der Waals surface area contributed by atoms with Crippen LogP contribution in [0.1, 0.15) is 37.5 Å². The normalized spacial score (nSPS) is 11.9. The molecule has 27 heavy (non-hydrogen) atoms. The number of hydrogen-bond donors (Lipinski definition) is 0. The maximum atomic E-state index is 12.2. The molecule has 0 amide bonds. The number of esters is 2. The van der Waals surface area contributed by atoms with Crippen LogP contribution in [-0.2, 0) is 38.5 Å². The Bertz CT molecular complexity index is 726. The van der Waals surface area contributed by atoms with Crippen LogP contribution in [0.3, 0.4) is 0 Å². The van der Waals surface area contributed by atoms with Crippen molar-refractivity contribution in [1.29, 1.82) is 0 Å². The molecule has 5 nitrogen and oxygen atoms in total. The summed E-state index contributed by atoms with van der Waals surface area (Å²) in [5.41, 5.74) is 3.02. The largest absolute Gasteiger partial charge is 0.465 e. The van der Waals surface area contributed by atoms with E-state index >= 15 is 0 Å². The van der Waals surface area contributed by atoms with Crippen molar-refractivity contribution in [1.82, 2.24) is 4.98 Å². The predicted molar refractivity (Wildman–Crippen MR) is 103 cm³/mol. The summed E-state index contributed by atoms with van der Waals surface area (Å²) in [4.78, 5) is 27.7. The highest BCUT2D eigenvalue weighted by molar-refractivity contribution is 5.72. The van der Waals surface area contributed by atoms with E-state index in [0.717, 1.165) is 16.7 Å². The first kappa shape index (κ1) is 20.6. The summed E-state index contributed by atoms with van der Waals surface area (Å²) in [6.07, 6.45) is 4.77. The topological polar surface area (TPSA) is 65.5 Å². The van der Waals surface area contributed by atoms with Gasteiger partial charge < -0.3 is 9.47 Å². The zero-order valence-corrected chi connectivity index (χ0v) is 16.2. The number of hydrogen-bond acceptors (Lipinski definition) is 5. The van der Waals surface area contributed by atoms with Crippen LogP contribution in [-0.4, -0.2) is 23.5 Å². The highest BCUT2D eigenvalue weighted by Gasteiger charge is 2.15. The number of nitrogens with zero attached hydrogens (tertiary/aromatic N) is 1. The first-order valence-corrected chi connectivity index (χ1v) is 9.25. The lowest BCUT2D eigenvalue weighted by molar-refractivity contribution is -0.149. The summed E-state index contributed by atoms with van der Waals surface area (Å²) in [5, 5.41) is 0. The van der Waals surface area contributed by atoms with Crippen molar-refractivity contribution in [2.24, 2.45) is 11.8 Å². The molecule has 0 spiro atoms. The van der Waals surface area contributed by atoms with Gasteiger partial charge in [0.25, 0.3) is 0 Å². The number of ether oxygens (including phenoxy) is 2. The summed E-state index contributed by atoms with van der Waals surface area (Å²) in [7, 11) is 0. The van der Waals surface area contributed by atoms with Gasteiger partial charge in [0, 0.05) is 18.8 Å². The Morgan fingerprint density at radius 3 is 2.26 bits per heavy atom. The van der Waals surface area contributed by atoms with Crippen molar-refractivity contribution in [3.63, 3.8) is 0 Å². The summed E-state index contributed by atoms with van der Waals surface area (Å²) in [6.45, 7) is 6.11. The van der Waals surface area contributed by atoms with Crippen molar-refractivity contribution in [3.8, 4) is 0 Å². The highest BCUT2D eigenvalue weighted by Crippen LogP contribution is 2.13. The zero-order chi connectivity index (χ0) is 19.6. The summed E-state index contributed by atoms with van der Waals surface area (Å²) in [5.74, 6) is -0.756. The third-order valence-electron chi connectivity index (χ3n) is 4.18. The molecule has 1 aromatic heterocycles. The molecule has 0 aliphatic carbocycles. The monoisotopic (exact) mass is 369 g/mol. The van der Waals surface area contributed by atoms with Crippen molar-refractivity contribution < 1.29 is 19.1 Å². The van der Waals surface area contributed by atoms with E-state index in [2.05, 4.69) is 4.98 Å². The molecule has 0 aliphatic rings. The Balaban J connectivity index is 1.74. The predicted octanol–water partition coefficient (Wildman–Crippen LogP) is 3.75. The van der Waals surface area contributed by atoms with Gasteiger partial charge in [0.15, 0.2) is 0 Å². The third kappa shape index (κ3) is 7.21. The minimum Gasteiger partial charge on any atom is -0.465 e. The Morgan fingerprint density at radius 2 is 1.63 bits per heavy atom. The Labute approximate surface area is 160 Å². The Morgan fingerprint density at radius 1 is 0.926 bits per heavy atom. The highest BCUT2D eigenvalue weighted by atomic mass is 16.5. The minimum atomic E-state index is -0.219. The number of aromatic nitrogens is 1. The average Bonchev–Trinajstić information content (AvgIpc) is 2.67. The molecule has 1 unspecified atom stereocenters. The number of carbonyl (C=O) groups is 2. The van der Waals surface area contributed by atoms with Gasteiger partial charge in [0.1, 0.15) is 6.61 Å². The molecular weight excluding hydrogens is 342 g/mol. The maximum absolute atomic E-state index is 12.2. The van der Waals surface area contributed by atoms with E-state index in [4.69, 9.17) is 9.47 Å². The lowest BCUT2D eigenvalue weighted by Gasteiger charge is -2.12. The van der Waals surface area contributed by atoms with Gasteiger partial charge >= 0.3 is 11.9 Å². The van der Waals surface area contributed by atoms with Gasteiger partial charge in [0.05, 0.1) is 18.4 Å². The maximum Gasteiger partial charge on any atom is 0.308 e. The average molecular weight is 369 g/mol. The van der Waals surface area contributed by atoms with Gasteiger partial charge in [0.2, 0.25) is 0 Å². The Hall–Kier alpha value is -2.69. The molecule has 1 atom stereocenters. The second-order valence-corrected chi connectivity index (χ2v) is 6.96. The van der Waals surface area contributed by atoms with Crippen molar-refractivity contribution in [3.05, 3.63) is 65.5 Å². The second kappa shape index (κ2) is 10.5. The molecular formula is C22H27NO4. The quantitative estimate of drug-likeness (QED) is 0.630. The molecule has 144 valence electrons. The molecule has 0 radical (unpaired) electrons. The SMILES string of the molecule is CC(C)C(=O)OCc1ccc(CC(C)C(=O)OCCc2cccnc2)cc1. The van der Waals surface area contributed by atoms with E-state index in [0.29, 0.717) is 19.4 Å². The molecule has 0 bridgehead atoms. The molecule has 0 fully saturated rings. The molecule has 2 aromatic rings. The van der Waals surface area contributed by atoms with Crippen LogP contribution < -0.4 is 0 Å². The zero-order valence-electron chi connectivity index (χ0n) is 16.2. The van der Waals surface area contributed by atoms with Crippen LogP contribution in [0.5, 0.6) is 0 Å². The van der Waals surface area contributed by atoms with E-state index in [-0.39, 0.29) is 30.4 Å². The van der Waals surface area contributed by atoms with Gasteiger partial charge in [-0.25, -0.2) is 0 Å². The van der Waals surface area contributed by atoms with Gasteiger partial charge in [-0.05, 0) is 29.2 Å². The third-order valence-corrected chi connectivity index (χ3v) is 4.18. The van der Waals surface area contributed by atoms with E-state index in [9.17, 15) is 9.59 Å². The fourth-order valence-electron chi connectivity index (χ4n) is 2.49. The molecule has 5 heteroatoms. The second-order valence-electron chi connectivity index (χ2n) is 6.96. The molecule has 0 aliphatic heterocycles. The van der Waals surface area contributed by atoms with Crippen LogP contribution in [0.25, 0.3) is 0 Å². The van der Waals surface area contributed by atoms with Gasteiger partial charge in [-0.15, -0.1) is 0 Å². The molecule has 0 saturated heterocycles. The van der Waals surface area contributed by atoms with Crippen molar-refractivity contribution >= 4 is 11.9 Å². The lowest BCUT2D eigenvalue weighted by atomic mass is 10.0. The molecule has 0 saturated carbocycles. The first-order chi connectivity index (χ1) is 13.0. The van der Waals surface area contributed by atoms with E-state index in [1.54, 1.807) is 12.4 Å². The summed E-state index contributed by atoms with van der Waals surface area (Å²) < 4.78 is 10.6. The number of rotatable bonds is 9. The van der Waals surface area contributed by atoms with Crippen molar-refractivity contribution in [2.45, 2.75) is 40.2 Å². The Kier molecular flexibility index (Phi) is 7.99. The number of carbonyl (C=O) groups excluding carboxylic acids is 2. The first-order valence-electron chi connectivity index (χ1n) is 9.25. The fraction of sp³-hybridized carbons (Fsp3) is 0.409. The standard InChI is InChI=1S/C22H27NO4/c1-16(2)21(24)27-15-20-8-6-18(7-9-20)13-17(3)22(25)26-12-10-19-5-4-11-23-14-19/h4-9,11,14,16-17H,10,12-13,15H2,1-3H3. The number of benzene rings is 1. The summed E-state index contributed by atoms with van der Waals surface area (Å²) in [6, 6.07) is 11.6. The van der Waals surface area contributed by atoms with Gasteiger partial charge in [-0.3, -0.25) is 14.6 Å². The minimum absolute atomic E-state index is 0.130. The van der Waals surface area contributed by atoms with Crippen LogP contribution in [0.4, 0.5) is 0 Å². The van der Waals surface area contributed by atoms with Crippen LogP contribution in [0.2, 0.25) is 0 Å².